The Morgan fingerprint density at radius 1 is 1.24 bits per heavy atom. The van der Waals surface area contributed by atoms with E-state index in [4.69, 9.17) is 17.3 Å². The van der Waals surface area contributed by atoms with E-state index < -0.39 is 26.3 Å². The Morgan fingerprint density at radius 3 is 2.24 bits per heavy atom. The van der Waals surface area contributed by atoms with Gasteiger partial charge in [-0.1, -0.05) is 32.4 Å². The summed E-state index contributed by atoms with van der Waals surface area (Å²) in [6, 6.07) is 2.24. The smallest absolute Gasteiger partial charge is 0.244 e. The van der Waals surface area contributed by atoms with Gasteiger partial charge >= 0.3 is 0 Å². The van der Waals surface area contributed by atoms with Crippen LogP contribution in [0.25, 0.3) is 0 Å². The van der Waals surface area contributed by atoms with E-state index in [1.807, 2.05) is 20.8 Å². The zero-order valence-electron chi connectivity index (χ0n) is 12.9. The molecule has 1 aromatic carbocycles. The van der Waals surface area contributed by atoms with Gasteiger partial charge in [-0.05, 0) is 37.8 Å². The van der Waals surface area contributed by atoms with Crippen molar-refractivity contribution in [1.82, 2.24) is 4.72 Å². The summed E-state index contributed by atoms with van der Waals surface area (Å²) in [6.07, 6.45) is 0.580. The number of rotatable bonds is 4. The molecule has 0 spiro atoms. The summed E-state index contributed by atoms with van der Waals surface area (Å²) in [5, 5.41) is -0.316. The van der Waals surface area contributed by atoms with Crippen LogP contribution in [-0.2, 0) is 10.0 Å². The van der Waals surface area contributed by atoms with E-state index in [-0.39, 0.29) is 16.1 Å². The number of sulfonamides is 1. The highest BCUT2D eigenvalue weighted by atomic mass is 35.5. The lowest BCUT2D eigenvalue weighted by Crippen LogP contribution is -2.45. The minimum atomic E-state index is -4.06. The molecule has 0 aliphatic rings. The lowest BCUT2D eigenvalue weighted by atomic mass is 9.82. The average molecular weight is 337 g/mol. The molecule has 0 radical (unpaired) electrons. The number of nitrogen functional groups attached to an aromatic ring is 1. The molecule has 0 aliphatic carbocycles. The Morgan fingerprint density at radius 2 is 1.76 bits per heavy atom. The number of anilines is 1. The first-order valence-corrected chi connectivity index (χ1v) is 8.38. The molecule has 1 rings (SSSR count). The normalized spacial score (nSPS) is 13.5. The molecule has 21 heavy (non-hydrogen) atoms. The molecule has 0 bridgehead atoms. The van der Waals surface area contributed by atoms with Crippen molar-refractivity contribution < 1.29 is 12.8 Å². The molecule has 120 valence electrons. The minimum absolute atomic E-state index is 0.0854. The van der Waals surface area contributed by atoms with Crippen LogP contribution in [0.2, 0.25) is 5.02 Å². The fourth-order valence-corrected chi connectivity index (χ4v) is 4.39. The quantitative estimate of drug-likeness (QED) is 0.826. The third-order valence-corrected chi connectivity index (χ3v) is 4.66. The van der Waals surface area contributed by atoms with Gasteiger partial charge in [-0.2, -0.15) is 0 Å². The molecule has 0 atom stereocenters. The summed E-state index contributed by atoms with van der Waals surface area (Å²) in [6.45, 7) is 9.51. The van der Waals surface area contributed by atoms with Crippen LogP contribution >= 0.6 is 11.6 Å². The van der Waals surface area contributed by atoms with Crippen LogP contribution in [0.5, 0.6) is 0 Å². The van der Waals surface area contributed by atoms with E-state index in [1.165, 1.54) is 6.07 Å². The highest BCUT2D eigenvalue weighted by molar-refractivity contribution is 7.89. The van der Waals surface area contributed by atoms with E-state index in [0.29, 0.717) is 6.42 Å². The molecule has 0 saturated carbocycles. The first kappa shape index (κ1) is 18.2. The van der Waals surface area contributed by atoms with Crippen molar-refractivity contribution in [2.45, 2.75) is 51.5 Å². The molecule has 0 heterocycles. The standard InChI is InChI=1S/C14H22ClFN2O2S/c1-13(2,3)8-14(4,5)18-21(19,20)11-7-9(17)6-10(15)12(11)16/h6-7,18H,8,17H2,1-5H3. The van der Waals surface area contributed by atoms with Gasteiger partial charge in [-0.15, -0.1) is 0 Å². The number of benzene rings is 1. The summed E-state index contributed by atoms with van der Waals surface area (Å²) in [5.41, 5.74) is 4.82. The summed E-state index contributed by atoms with van der Waals surface area (Å²) in [7, 11) is -4.06. The lowest BCUT2D eigenvalue weighted by molar-refractivity contribution is 0.269. The predicted octanol–water partition coefficient (Wildman–Crippen LogP) is 3.55. The van der Waals surface area contributed by atoms with Crippen molar-refractivity contribution >= 4 is 27.3 Å². The predicted molar refractivity (Wildman–Crippen MR) is 84.3 cm³/mol. The first-order valence-electron chi connectivity index (χ1n) is 6.52. The van der Waals surface area contributed by atoms with Crippen LogP contribution < -0.4 is 10.5 Å². The van der Waals surface area contributed by atoms with E-state index >= 15 is 0 Å². The molecule has 0 saturated heterocycles. The Bertz CT molecular complexity index is 637. The lowest BCUT2D eigenvalue weighted by Gasteiger charge is -2.33. The SMILES string of the molecule is CC(C)(C)CC(C)(C)NS(=O)(=O)c1cc(N)cc(Cl)c1F. The van der Waals surface area contributed by atoms with Crippen LogP contribution in [0.3, 0.4) is 0 Å². The average Bonchev–Trinajstić information content (AvgIpc) is 2.17. The highest BCUT2D eigenvalue weighted by Crippen LogP contribution is 2.30. The van der Waals surface area contributed by atoms with Crippen LogP contribution in [0, 0.1) is 11.2 Å². The molecule has 7 heteroatoms. The van der Waals surface area contributed by atoms with Gasteiger partial charge in [0.1, 0.15) is 4.90 Å². The molecular formula is C14H22ClFN2O2S. The van der Waals surface area contributed by atoms with Crippen molar-refractivity contribution in [2.75, 3.05) is 5.73 Å². The Labute approximate surface area is 130 Å². The number of halogens is 2. The Hall–Kier alpha value is -0.850. The van der Waals surface area contributed by atoms with Gasteiger partial charge in [-0.25, -0.2) is 17.5 Å². The largest absolute Gasteiger partial charge is 0.399 e. The molecular weight excluding hydrogens is 315 g/mol. The molecule has 3 N–H and O–H groups in total. The van der Waals surface area contributed by atoms with Gasteiger partial charge in [0.2, 0.25) is 10.0 Å². The first-order chi connectivity index (χ1) is 9.23. The second kappa shape index (κ2) is 5.74. The van der Waals surface area contributed by atoms with Crippen molar-refractivity contribution in [2.24, 2.45) is 5.41 Å². The van der Waals surface area contributed by atoms with Crippen molar-refractivity contribution in [3.8, 4) is 0 Å². The molecule has 1 aromatic rings. The summed E-state index contributed by atoms with van der Waals surface area (Å²) in [4.78, 5) is -0.533. The number of nitrogens with one attached hydrogen (secondary N) is 1. The Kier molecular flexibility index (Phi) is 4.98. The summed E-state index contributed by atoms with van der Waals surface area (Å²) >= 11 is 5.66. The summed E-state index contributed by atoms with van der Waals surface area (Å²) in [5.74, 6) is -0.995. The van der Waals surface area contributed by atoms with E-state index in [1.54, 1.807) is 13.8 Å². The van der Waals surface area contributed by atoms with Gasteiger partial charge in [0.25, 0.3) is 0 Å². The van der Waals surface area contributed by atoms with E-state index in [0.717, 1.165) is 6.07 Å². The fourth-order valence-electron chi connectivity index (χ4n) is 2.56. The maximum absolute atomic E-state index is 14.0. The minimum Gasteiger partial charge on any atom is -0.399 e. The van der Waals surface area contributed by atoms with Crippen LogP contribution in [0.15, 0.2) is 17.0 Å². The molecule has 0 aromatic heterocycles. The second-order valence-corrected chi connectivity index (χ2v) is 9.10. The van der Waals surface area contributed by atoms with Crippen molar-refractivity contribution in [1.29, 1.82) is 0 Å². The third-order valence-electron chi connectivity index (χ3n) is 2.69. The van der Waals surface area contributed by atoms with Gasteiger partial charge in [0, 0.05) is 11.2 Å². The molecule has 4 nitrogen and oxygen atoms in total. The highest BCUT2D eigenvalue weighted by Gasteiger charge is 2.32. The summed E-state index contributed by atoms with van der Waals surface area (Å²) < 4.78 is 41.3. The maximum Gasteiger partial charge on any atom is 0.244 e. The van der Waals surface area contributed by atoms with Crippen LogP contribution in [0.1, 0.15) is 41.0 Å². The van der Waals surface area contributed by atoms with Gasteiger partial charge in [-0.3, -0.25) is 0 Å². The van der Waals surface area contributed by atoms with Crippen LogP contribution in [-0.4, -0.2) is 14.0 Å². The van der Waals surface area contributed by atoms with Crippen LogP contribution in [0.4, 0.5) is 10.1 Å². The number of hydrogen-bond acceptors (Lipinski definition) is 3. The zero-order valence-corrected chi connectivity index (χ0v) is 14.5. The van der Waals surface area contributed by atoms with Gasteiger partial charge < -0.3 is 5.73 Å². The second-order valence-electron chi connectivity index (χ2n) is 7.04. The van der Waals surface area contributed by atoms with Crippen molar-refractivity contribution in [3.05, 3.63) is 23.0 Å². The third kappa shape index (κ3) is 5.13. The van der Waals surface area contributed by atoms with E-state index in [9.17, 15) is 12.8 Å². The van der Waals surface area contributed by atoms with Gasteiger partial charge in [0.15, 0.2) is 5.82 Å². The van der Waals surface area contributed by atoms with Crippen molar-refractivity contribution in [3.63, 3.8) is 0 Å². The topological polar surface area (TPSA) is 72.2 Å². The molecule has 0 amide bonds. The zero-order chi connectivity index (χ0) is 16.6. The maximum atomic E-state index is 14.0. The molecule has 0 unspecified atom stereocenters. The monoisotopic (exact) mass is 336 g/mol. The van der Waals surface area contributed by atoms with E-state index in [2.05, 4.69) is 4.72 Å². The molecule has 0 aliphatic heterocycles. The Balaban J connectivity index is 3.19. The number of nitrogens with two attached hydrogens (primary N) is 1. The fraction of sp³-hybridized carbons (Fsp3) is 0.571. The number of hydrogen-bond donors (Lipinski definition) is 2. The van der Waals surface area contributed by atoms with Gasteiger partial charge in [0.05, 0.1) is 5.02 Å². The molecule has 0 fully saturated rings.